The van der Waals surface area contributed by atoms with Crippen molar-refractivity contribution in [2.75, 3.05) is 53.6 Å². The van der Waals surface area contributed by atoms with Gasteiger partial charge in [0.15, 0.2) is 0 Å². The summed E-state index contributed by atoms with van der Waals surface area (Å²) in [5.74, 6) is -0.0599. The van der Waals surface area contributed by atoms with Gasteiger partial charge in [-0.2, -0.15) is 0 Å². The van der Waals surface area contributed by atoms with Crippen molar-refractivity contribution in [2.45, 2.75) is 71.3 Å². The number of amides is 3. The SMILES string of the molecule is COCCN(CCOC)C(=O)CCC1(CCC(=O)NCCNC(=O)OC(C)(C)C)c2cc(C)ccc2-c2ccc(C)cc21. The molecular formula is C34H49N3O6. The molecule has 0 atom stereocenters. The number of hydrogen-bond acceptors (Lipinski definition) is 6. The van der Waals surface area contributed by atoms with Crippen LogP contribution in [0.4, 0.5) is 4.79 Å². The lowest BCUT2D eigenvalue weighted by Crippen LogP contribution is -2.39. The van der Waals surface area contributed by atoms with Crippen molar-refractivity contribution in [3.8, 4) is 11.1 Å². The number of nitrogens with zero attached hydrogens (tertiary/aromatic N) is 1. The van der Waals surface area contributed by atoms with Gasteiger partial charge in [-0.1, -0.05) is 47.5 Å². The van der Waals surface area contributed by atoms with E-state index in [-0.39, 0.29) is 24.8 Å². The number of benzene rings is 2. The average molecular weight is 596 g/mol. The van der Waals surface area contributed by atoms with E-state index < -0.39 is 17.1 Å². The molecule has 0 aromatic heterocycles. The van der Waals surface area contributed by atoms with Gasteiger partial charge in [0.05, 0.1) is 13.2 Å². The fourth-order valence-corrected chi connectivity index (χ4v) is 5.73. The second kappa shape index (κ2) is 15.3. The first kappa shape index (κ1) is 34.1. The van der Waals surface area contributed by atoms with Gasteiger partial charge in [0.2, 0.25) is 11.8 Å². The predicted molar refractivity (Wildman–Crippen MR) is 168 cm³/mol. The van der Waals surface area contributed by atoms with E-state index in [2.05, 4.69) is 60.9 Å². The quantitative estimate of drug-likeness (QED) is 0.284. The van der Waals surface area contributed by atoms with Crippen molar-refractivity contribution in [3.05, 3.63) is 58.7 Å². The minimum absolute atomic E-state index is 0.0430. The number of methoxy groups -OCH3 is 2. The van der Waals surface area contributed by atoms with Gasteiger partial charge >= 0.3 is 6.09 Å². The number of carbonyl (C=O) groups excluding carboxylic acids is 3. The highest BCUT2D eigenvalue weighted by atomic mass is 16.6. The van der Waals surface area contributed by atoms with E-state index in [0.29, 0.717) is 52.1 Å². The summed E-state index contributed by atoms with van der Waals surface area (Å²) in [4.78, 5) is 40.4. The van der Waals surface area contributed by atoms with E-state index in [9.17, 15) is 14.4 Å². The molecule has 0 aliphatic heterocycles. The van der Waals surface area contributed by atoms with Crippen LogP contribution >= 0.6 is 0 Å². The lowest BCUT2D eigenvalue weighted by molar-refractivity contribution is -0.132. The molecule has 2 N–H and O–H groups in total. The van der Waals surface area contributed by atoms with Crippen molar-refractivity contribution < 1.29 is 28.6 Å². The summed E-state index contributed by atoms with van der Waals surface area (Å²) >= 11 is 0. The largest absolute Gasteiger partial charge is 0.444 e. The van der Waals surface area contributed by atoms with E-state index in [0.717, 1.165) is 22.3 Å². The van der Waals surface area contributed by atoms with Crippen molar-refractivity contribution in [1.29, 1.82) is 0 Å². The summed E-state index contributed by atoms with van der Waals surface area (Å²) in [7, 11) is 3.26. The van der Waals surface area contributed by atoms with E-state index >= 15 is 0 Å². The third-order valence-corrected chi connectivity index (χ3v) is 7.81. The summed E-state index contributed by atoms with van der Waals surface area (Å²) in [6, 6.07) is 13.0. The van der Waals surface area contributed by atoms with Crippen LogP contribution in [0, 0.1) is 13.8 Å². The monoisotopic (exact) mass is 595 g/mol. The minimum atomic E-state index is -0.585. The van der Waals surface area contributed by atoms with Crippen LogP contribution in [0.5, 0.6) is 0 Å². The first-order valence-corrected chi connectivity index (χ1v) is 15.1. The number of alkyl carbamates (subject to hydrolysis) is 1. The molecule has 0 saturated carbocycles. The molecule has 3 rings (SSSR count). The average Bonchev–Trinajstić information content (AvgIpc) is 3.20. The maximum atomic E-state index is 13.6. The molecule has 3 amide bonds. The van der Waals surface area contributed by atoms with Gasteiger partial charge in [0, 0.05) is 58.7 Å². The van der Waals surface area contributed by atoms with Gasteiger partial charge in [-0.25, -0.2) is 4.79 Å². The van der Waals surface area contributed by atoms with Crippen LogP contribution in [0.25, 0.3) is 11.1 Å². The number of rotatable bonds is 15. The summed E-state index contributed by atoms with van der Waals surface area (Å²) < 4.78 is 15.8. The molecule has 0 bridgehead atoms. The van der Waals surface area contributed by atoms with E-state index in [1.54, 1.807) is 39.9 Å². The Morgan fingerprint density at radius 2 is 1.30 bits per heavy atom. The Labute approximate surface area is 256 Å². The number of aryl methyl sites for hydroxylation is 2. The van der Waals surface area contributed by atoms with Crippen LogP contribution < -0.4 is 10.6 Å². The van der Waals surface area contributed by atoms with E-state index in [4.69, 9.17) is 14.2 Å². The molecule has 9 nitrogen and oxygen atoms in total. The number of hydrogen-bond donors (Lipinski definition) is 2. The van der Waals surface area contributed by atoms with Gasteiger partial charge in [-0.3, -0.25) is 9.59 Å². The summed E-state index contributed by atoms with van der Waals surface area (Å²) in [5, 5.41) is 5.60. The Balaban J connectivity index is 1.82. The molecule has 0 heterocycles. The third kappa shape index (κ3) is 9.28. The first-order valence-electron chi connectivity index (χ1n) is 15.1. The summed E-state index contributed by atoms with van der Waals surface area (Å²) in [6.45, 7) is 12.0. The number of fused-ring (bicyclic) bond motifs is 3. The standard InChI is InChI=1S/C34H49N3O6/c1-24-8-10-26-27-11-9-25(2)23-29(27)34(28(26)22-24,15-13-31(39)37(18-20-41-6)19-21-42-7)14-12-30(38)35-16-17-36-32(40)43-33(3,4)5/h8-11,22-23H,12-21H2,1-7H3,(H,35,38)(H,36,40). The molecule has 1 aliphatic carbocycles. The Bertz CT molecular complexity index is 1210. The van der Waals surface area contributed by atoms with Crippen molar-refractivity contribution in [1.82, 2.24) is 15.5 Å². The van der Waals surface area contributed by atoms with Crippen molar-refractivity contribution >= 4 is 17.9 Å². The van der Waals surface area contributed by atoms with Gasteiger partial charge in [-0.05, 0) is 69.7 Å². The smallest absolute Gasteiger partial charge is 0.407 e. The highest BCUT2D eigenvalue weighted by Gasteiger charge is 2.43. The molecule has 236 valence electrons. The molecule has 0 fully saturated rings. The van der Waals surface area contributed by atoms with Crippen molar-refractivity contribution in [2.24, 2.45) is 0 Å². The number of carbonyl (C=O) groups is 3. The first-order chi connectivity index (χ1) is 20.4. The van der Waals surface area contributed by atoms with Gasteiger partial charge < -0.3 is 29.7 Å². The van der Waals surface area contributed by atoms with E-state index in [1.165, 1.54) is 11.1 Å². The second-order valence-electron chi connectivity index (χ2n) is 12.3. The highest BCUT2D eigenvalue weighted by Crippen LogP contribution is 2.54. The molecule has 0 unspecified atom stereocenters. The molecule has 0 saturated heterocycles. The maximum absolute atomic E-state index is 13.6. The van der Waals surface area contributed by atoms with Gasteiger partial charge in [-0.15, -0.1) is 0 Å². The fraction of sp³-hybridized carbons (Fsp3) is 0.559. The fourth-order valence-electron chi connectivity index (χ4n) is 5.73. The summed E-state index contributed by atoms with van der Waals surface area (Å²) in [6.07, 6.45) is 1.21. The third-order valence-electron chi connectivity index (χ3n) is 7.81. The van der Waals surface area contributed by atoms with Crippen LogP contribution in [0.15, 0.2) is 36.4 Å². The van der Waals surface area contributed by atoms with Crippen molar-refractivity contribution in [3.63, 3.8) is 0 Å². The van der Waals surface area contributed by atoms with Crippen LogP contribution in [0.2, 0.25) is 0 Å². The van der Waals surface area contributed by atoms with Crippen LogP contribution in [0.1, 0.15) is 68.7 Å². The molecule has 2 aromatic carbocycles. The van der Waals surface area contributed by atoms with Crippen LogP contribution in [-0.2, 0) is 29.2 Å². The Morgan fingerprint density at radius 3 is 1.81 bits per heavy atom. The number of nitrogens with one attached hydrogen (secondary N) is 2. The zero-order valence-electron chi connectivity index (χ0n) is 26.9. The van der Waals surface area contributed by atoms with Gasteiger partial charge in [0.1, 0.15) is 5.60 Å². The second-order valence-corrected chi connectivity index (χ2v) is 12.3. The van der Waals surface area contributed by atoms with Crippen LogP contribution in [-0.4, -0.2) is 82.0 Å². The molecular weight excluding hydrogens is 546 g/mol. The molecule has 9 heteroatoms. The molecule has 0 radical (unpaired) electrons. The molecule has 1 aliphatic rings. The maximum Gasteiger partial charge on any atom is 0.407 e. The topological polar surface area (TPSA) is 106 Å². The normalized spacial score (nSPS) is 13.2. The van der Waals surface area contributed by atoms with Crippen LogP contribution in [0.3, 0.4) is 0 Å². The lowest BCUT2D eigenvalue weighted by Gasteiger charge is -2.33. The molecule has 43 heavy (non-hydrogen) atoms. The number of ether oxygens (including phenoxy) is 3. The zero-order valence-corrected chi connectivity index (χ0v) is 26.9. The molecule has 2 aromatic rings. The Hall–Kier alpha value is -3.43. The lowest BCUT2D eigenvalue weighted by atomic mass is 9.70. The van der Waals surface area contributed by atoms with E-state index in [1.807, 2.05) is 0 Å². The Morgan fingerprint density at radius 1 is 0.791 bits per heavy atom. The highest BCUT2D eigenvalue weighted by molar-refractivity contribution is 5.84. The van der Waals surface area contributed by atoms with Gasteiger partial charge in [0.25, 0.3) is 0 Å². The minimum Gasteiger partial charge on any atom is -0.444 e. The Kier molecular flexibility index (Phi) is 12.2. The molecule has 0 spiro atoms. The zero-order chi connectivity index (χ0) is 31.6. The predicted octanol–water partition coefficient (Wildman–Crippen LogP) is 4.89. The summed E-state index contributed by atoms with van der Waals surface area (Å²) in [5.41, 5.74) is 5.84.